The van der Waals surface area contributed by atoms with Crippen LogP contribution in [0.2, 0.25) is 5.02 Å². The van der Waals surface area contributed by atoms with E-state index >= 15 is 0 Å². The van der Waals surface area contributed by atoms with Gasteiger partial charge in [0.15, 0.2) is 0 Å². The lowest BCUT2D eigenvalue weighted by atomic mass is 9.88. The number of hydrogen-bond acceptors (Lipinski definition) is 1. The molecule has 0 aliphatic rings. The van der Waals surface area contributed by atoms with Gasteiger partial charge in [0.1, 0.15) is 5.75 Å². The van der Waals surface area contributed by atoms with Crippen LogP contribution in [0.4, 0.5) is 0 Å². The maximum absolute atomic E-state index is 5.78. The molecule has 0 bridgehead atoms. The largest absolute Gasteiger partial charge is 0.494 e. The Balaban J connectivity index is 2.26. The summed E-state index contributed by atoms with van der Waals surface area (Å²) in [7, 11) is 0. The molecule has 1 aromatic rings. The van der Waals surface area contributed by atoms with E-state index in [1.807, 2.05) is 30.3 Å². The zero-order chi connectivity index (χ0) is 12.0. The van der Waals surface area contributed by atoms with Gasteiger partial charge in [0, 0.05) is 5.02 Å². The lowest BCUT2D eigenvalue weighted by Crippen LogP contribution is -2.09. The van der Waals surface area contributed by atoms with Gasteiger partial charge in [0.25, 0.3) is 0 Å². The Morgan fingerprint density at radius 2 is 1.94 bits per heavy atom. The van der Waals surface area contributed by atoms with Crippen molar-refractivity contribution in [1.29, 1.82) is 0 Å². The smallest absolute Gasteiger partial charge is 0.119 e. The van der Waals surface area contributed by atoms with Crippen molar-refractivity contribution in [3.05, 3.63) is 41.9 Å². The number of allylic oxidation sites excluding steroid dienone is 1. The SMILES string of the molecule is C=CC(C)(C)CCCOc1ccc(Cl)cc1. The predicted octanol–water partition coefficient (Wildman–Crippen LogP) is 4.71. The molecule has 88 valence electrons. The van der Waals surface area contributed by atoms with Crippen LogP contribution < -0.4 is 4.74 Å². The quantitative estimate of drug-likeness (QED) is 0.515. The Kier molecular flexibility index (Phi) is 4.88. The van der Waals surface area contributed by atoms with Crippen LogP contribution in [0.1, 0.15) is 26.7 Å². The van der Waals surface area contributed by atoms with E-state index in [0.717, 1.165) is 30.2 Å². The summed E-state index contributed by atoms with van der Waals surface area (Å²) in [5.74, 6) is 0.876. The Labute approximate surface area is 103 Å². The number of ether oxygens (including phenoxy) is 1. The number of halogens is 1. The minimum atomic E-state index is 0.198. The third-order valence-corrected chi connectivity index (χ3v) is 2.85. The summed E-state index contributed by atoms with van der Waals surface area (Å²) in [4.78, 5) is 0. The fraction of sp³-hybridized carbons (Fsp3) is 0.429. The standard InChI is InChI=1S/C14H19ClO/c1-4-14(2,3)10-5-11-16-13-8-6-12(15)7-9-13/h4,6-9H,1,5,10-11H2,2-3H3. The average Bonchev–Trinajstić information content (AvgIpc) is 2.27. The fourth-order valence-electron chi connectivity index (χ4n) is 1.35. The Morgan fingerprint density at radius 1 is 1.31 bits per heavy atom. The van der Waals surface area contributed by atoms with Gasteiger partial charge in [-0.05, 0) is 42.5 Å². The van der Waals surface area contributed by atoms with E-state index in [4.69, 9.17) is 16.3 Å². The van der Waals surface area contributed by atoms with Crippen LogP contribution in [0.15, 0.2) is 36.9 Å². The second-order valence-electron chi connectivity index (χ2n) is 4.60. The third-order valence-electron chi connectivity index (χ3n) is 2.60. The molecule has 0 fully saturated rings. The molecule has 0 unspecified atom stereocenters. The normalized spacial score (nSPS) is 11.2. The first kappa shape index (κ1) is 13.1. The number of hydrogen-bond donors (Lipinski definition) is 0. The van der Waals surface area contributed by atoms with E-state index in [1.165, 1.54) is 0 Å². The van der Waals surface area contributed by atoms with Crippen LogP contribution in [-0.2, 0) is 0 Å². The Hall–Kier alpha value is -0.950. The van der Waals surface area contributed by atoms with Crippen LogP contribution in [0.3, 0.4) is 0 Å². The highest BCUT2D eigenvalue weighted by Gasteiger charge is 2.11. The van der Waals surface area contributed by atoms with Crippen LogP contribution in [0.25, 0.3) is 0 Å². The molecule has 1 nitrogen and oxygen atoms in total. The van der Waals surface area contributed by atoms with Gasteiger partial charge in [-0.2, -0.15) is 0 Å². The molecule has 0 N–H and O–H groups in total. The molecule has 0 amide bonds. The van der Waals surface area contributed by atoms with E-state index in [0.29, 0.717) is 0 Å². The molecule has 0 saturated heterocycles. The molecule has 0 radical (unpaired) electrons. The molecule has 0 heterocycles. The maximum Gasteiger partial charge on any atom is 0.119 e. The van der Waals surface area contributed by atoms with Gasteiger partial charge in [-0.15, -0.1) is 6.58 Å². The van der Waals surface area contributed by atoms with Gasteiger partial charge >= 0.3 is 0 Å². The molecule has 2 heteroatoms. The molecular weight excluding hydrogens is 220 g/mol. The van der Waals surface area contributed by atoms with Crippen molar-refractivity contribution >= 4 is 11.6 Å². The average molecular weight is 239 g/mol. The van der Waals surface area contributed by atoms with Gasteiger partial charge in [0.2, 0.25) is 0 Å². The zero-order valence-electron chi connectivity index (χ0n) is 10.0. The monoisotopic (exact) mass is 238 g/mol. The van der Waals surface area contributed by atoms with E-state index < -0.39 is 0 Å². The van der Waals surface area contributed by atoms with Gasteiger partial charge in [-0.1, -0.05) is 31.5 Å². The molecule has 0 saturated carbocycles. The molecule has 0 aliphatic heterocycles. The first-order valence-corrected chi connectivity index (χ1v) is 5.93. The van der Waals surface area contributed by atoms with E-state index in [-0.39, 0.29) is 5.41 Å². The Morgan fingerprint density at radius 3 is 2.50 bits per heavy atom. The van der Waals surface area contributed by atoms with Crippen molar-refractivity contribution in [2.75, 3.05) is 6.61 Å². The topological polar surface area (TPSA) is 9.23 Å². The lowest BCUT2D eigenvalue weighted by Gasteiger charge is -2.19. The first-order chi connectivity index (χ1) is 7.53. The van der Waals surface area contributed by atoms with Crippen molar-refractivity contribution in [3.8, 4) is 5.75 Å². The van der Waals surface area contributed by atoms with Crippen molar-refractivity contribution < 1.29 is 4.74 Å². The summed E-state index contributed by atoms with van der Waals surface area (Å²) in [5, 5.41) is 0.736. The summed E-state index contributed by atoms with van der Waals surface area (Å²) in [6, 6.07) is 7.46. The molecular formula is C14H19ClO. The van der Waals surface area contributed by atoms with Crippen molar-refractivity contribution in [2.24, 2.45) is 5.41 Å². The molecule has 1 aromatic carbocycles. The molecule has 16 heavy (non-hydrogen) atoms. The van der Waals surface area contributed by atoms with Gasteiger partial charge < -0.3 is 4.74 Å². The van der Waals surface area contributed by atoms with Crippen molar-refractivity contribution in [3.63, 3.8) is 0 Å². The van der Waals surface area contributed by atoms with Gasteiger partial charge in [-0.25, -0.2) is 0 Å². The summed E-state index contributed by atoms with van der Waals surface area (Å²) in [6.45, 7) is 8.92. The van der Waals surface area contributed by atoms with Crippen molar-refractivity contribution in [1.82, 2.24) is 0 Å². The molecule has 0 aliphatic carbocycles. The number of benzene rings is 1. The van der Waals surface area contributed by atoms with E-state index in [1.54, 1.807) is 0 Å². The van der Waals surface area contributed by atoms with Crippen LogP contribution >= 0.6 is 11.6 Å². The molecule has 0 atom stereocenters. The second kappa shape index (κ2) is 5.95. The summed E-state index contributed by atoms with van der Waals surface area (Å²) < 4.78 is 5.61. The van der Waals surface area contributed by atoms with Crippen LogP contribution in [-0.4, -0.2) is 6.61 Å². The zero-order valence-corrected chi connectivity index (χ0v) is 10.8. The second-order valence-corrected chi connectivity index (χ2v) is 5.04. The Bertz CT molecular complexity index is 327. The minimum Gasteiger partial charge on any atom is -0.494 e. The van der Waals surface area contributed by atoms with Crippen LogP contribution in [0, 0.1) is 5.41 Å². The number of rotatable bonds is 6. The predicted molar refractivity (Wildman–Crippen MR) is 70.2 cm³/mol. The molecule has 0 spiro atoms. The van der Waals surface area contributed by atoms with Gasteiger partial charge in [0.05, 0.1) is 6.61 Å². The minimum absolute atomic E-state index is 0.198. The molecule has 1 rings (SSSR count). The third kappa shape index (κ3) is 4.71. The van der Waals surface area contributed by atoms with E-state index in [9.17, 15) is 0 Å². The fourth-order valence-corrected chi connectivity index (χ4v) is 1.48. The first-order valence-electron chi connectivity index (χ1n) is 5.55. The van der Waals surface area contributed by atoms with Gasteiger partial charge in [-0.3, -0.25) is 0 Å². The lowest BCUT2D eigenvalue weighted by molar-refractivity contribution is 0.282. The maximum atomic E-state index is 5.78. The summed E-state index contributed by atoms with van der Waals surface area (Å²) >= 11 is 5.78. The highest BCUT2D eigenvalue weighted by molar-refractivity contribution is 6.30. The van der Waals surface area contributed by atoms with Crippen molar-refractivity contribution in [2.45, 2.75) is 26.7 Å². The van der Waals surface area contributed by atoms with Crippen LogP contribution in [0.5, 0.6) is 5.75 Å². The highest BCUT2D eigenvalue weighted by Crippen LogP contribution is 2.23. The highest BCUT2D eigenvalue weighted by atomic mass is 35.5. The van der Waals surface area contributed by atoms with E-state index in [2.05, 4.69) is 20.4 Å². The summed E-state index contributed by atoms with van der Waals surface area (Å²) in [6.07, 6.45) is 4.11. The summed E-state index contributed by atoms with van der Waals surface area (Å²) in [5.41, 5.74) is 0.198. The molecule has 0 aromatic heterocycles.